The lowest BCUT2D eigenvalue weighted by Gasteiger charge is -1.76. The van der Waals surface area contributed by atoms with E-state index in [1.165, 1.54) is 25.9 Å². The van der Waals surface area contributed by atoms with E-state index in [-0.39, 0.29) is 0 Å². The summed E-state index contributed by atoms with van der Waals surface area (Å²) in [5, 5.41) is 3.22. The fourth-order valence-corrected chi connectivity index (χ4v) is 0.879. The molecular weight excluding hydrogens is 146 g/mol. The molecule has 1 rings (SSSR count). The van der Waals surface area contributed by atoms with Crippen LogP contribution in [0.4, 0.5) is 0 Å². The predicted octanol–water partition coefficient (Wildman–Crippen LogP) is 2.67. The molecule has 1 aliphatic rings. The smallest absolute Gasteiger partial charge is 0.00484 e. The van der Waals surface area contributed by atoms with Crippen molar-refractivity contribution in [1.29, 1.82) is 0 Å². The van der Waals surface area contributed by atoms with E-state index in [0.29, 0.717) is 0 Å². The topological polar surface area (TPSA) is 12.0 Å². The van der Waals surface area contributed by atoms with E-state index >= 15 is 0 Å². The molecule has 0 atom stereocenters. The first-order valence-electron chi connectivity index (χ1n) is 4.53. The maximum atomic E-state index is 3.51. The summed E-state index contributed by atoms with van der Waals surface area (Å²) in [5.41, 5.74) is 0. The van der Waals surface area contributed by atoms with E-state index in [9.17, 15) is 0 Å². The van der Waals surface area contributed by atoms with Crippen LogP contribution < -0.4 is 5.32 Å². The molecule has 1 heteroatoms. The first-order chi connectivity index (χ1) is 5.91. The molecule has 1 N–H and O–H groups in total. The van der Waals surface area contributed by atoms with Crippen LogP contribution in [0.15, 0.2) is 37.0 Å². The van der Waals surface area contributed by atoms with Gasteiger partial charge in [-0.1, -0.05) is 37.0 Å². The minimum atomic E-state index is 1.25. The van der Waals surface area contributed by atoms with Crippen LogP contribution in [0.1, 0.15) is 19.8 Å². The molecule has 1 aliphatic heterocycles. The van der Waals surface area contributed by atoms with Gasteiger partial charge in [0.2, 0.25) is 0 Å². The van der Waals surface area contributed by atoms with Gasteiger partial charge in [0, 0.05) is 0 Å². The van der Waals surface area contributed by atoms with E-state index in [4.69, 9.17) is 0 Å². The lowest BCUT2D eigenvalue weighted by molar-refractivity contribution is 0.857. The van der Waals surface area contributed by atoms with Crippen LogP contribution in [0.5, 0.6) is 0 Å². The third-order valence-corrected chi connectivity index (χ3v) is 1.51. The Morgan fingerprint density at radius 1 is 1.08 bits per heavy atom. The minimum Gasteiger partial charge on any atom is -0.317 e. The summed E-state index contributed by atoms with van der Waals surface area (Å²) in [7, 11) is 0. The summed E-state index contributed by atoms with van der Waals surface area (Å²) < 4.78 is 0. The van der Waals surface area contributed by atoms with Crippen molar-refractivity contribution in [1.82, 2.24) is 5.32 Å². The molecule has 0 radical (unpaired) electrons. The summed E-state index contributed by atoms with van der Waals surface area (Å²) in [6.45, 7) is 7.99. The van der Waals surface area contributed by atoms with Crippen LogP contribution in [0.2, 0.25) is 0 Å². The summed E-state index contributed by atoms with van der Waals surface area (Å²) in [4.78, 5) is 0. The Hall–Kier alpha value is -0.820. The number of hydrogen-bond acceptors (Lipinski definition) is 1. The van der Waals surface area contributed by atoms with Gasteiger partial charge in [-0.15, -0.1) is 0 Å². The highest BCUT2D eigenvalue weighted by atomic mass is 14.9. The Bertz CT molecular complexity index is 133. The first-order valence-corrected chi connectivity index (χ1v) is 4.53. The molecule has 1 nitrogen and oxygen atoms in total. The van der Waals surface area contributed by atoms with Crippen LogP contribution in [0.3, 0.4) is 0 Å². The van der Waals surface area contributed by atoms with Crippen LogP contribution in [0.25, 0.3) is 0 Å². The molecule has 0 bridgehead atoms. The van der Waals surface area contributed by atoms with Gasteiger partial charge in [-0.2, -0.15) is 0 Å². The highest BCUT2D eigenvalue weighted by molar-refractivity contribution is 5.07. The Labute approximate surface area is 75.9 Å². The Kier molecular flexibility index (Phi) is 9.48. The van der Waals surface area contributed by atoms with Crippen LogP contribution in [0, 0.1) is 0 Å². The van der Waals surface area contributed by atoms with Crippen molar-refractivity contribution in [2.24, 2.45) is 0 Å². The summed E-state index contributed by atoms with van der Waals surface area (Å²) in [6.07, 6.45) is 12.3. The molecule has 68 valence electrons. The number of rotatable bonds is 2. The van der Waals surface area contributed by atoms with E-state index in [0.717, 1.165) is 0 Å². The quantitative estimate of drug-likeness (QED) is 0.620. The standard InChI is InChI=1S/C7H10.C4H9N/c1-3-5-7-6-4-2;1-2-4-5-3-1/h3-7H,1H2,2H3;5H,1-4H2/b6-4-,7-5-;. The average Bonchev–Trinajstić information content (AvgIpc) is 2.62. The zero-order valence-electron chi connectivity index (χ0n) is 7.92. The monoisotopic (exact) mass is 165 g/mol. The maximum absolute atomic E-state index is 3.51. The lowest BCUT2D eigenvalue weighted by Crippen LogP contribution is -2.03. The molecular formula is C11H19N. The van der Waals surface area contributed by atoms with E-state index in [2.05, 4.69) is 11.9 Å². The Morgan fingerprint density at radius 2 is 1.75 bits per heavy atom. The molecule has 0 saturated carbocycles. The highest BCUT2D eigenvalue weighted by Gasteiger charge is 1.93. The van der Waals surface area contributed by atoms with Crippen LogP contribution in [-0.4, -0.2) is 13.1 Å². The van der Waals surface area contributed by atoms with Gasteiger partial charge in [-0.3, -0.25) is 0 Å². The second-order valence-electron chi connectivity index (χ2n) is 2.60. The van der Waals surface area contributed by atoms with Gasteiger partial charge in [-0.25, -0.2) is 0 Å². The van der Waals surface area contributed by atoms with Gasteiger partial charge < -0.3 is 5.32 Å². The molecule has 1 heterocycles. The van der Waals surface area contributed by atoms with E-state index < -0.39 is 0 Å². The largest absolute Gasteiger partial charge is 0.317 e. The average molecular weight is 165 g/mol. The fourth-order valence-electron chi connectivity index (χ4n) is 0.879. The van der Waals surface area contributed by atoms with Crippen molar-refractivity contribution < 1.29 is 0 Å². The normalized spacial score (nSPS) is 16.4. The third-order valence-electron chi connectivity index (χ3n) is 1.51. The predicted molar refractivity (Wildman–Crippen MR) is 56.3 cm³/mol. The van der Waals surface area contributed by atoms with Gasteiger partial charge in [0.1, 0.15) is 0 Å². The van der Waals surface area contributed by atoms with Gasteiger partial charge in [-0.05, 0) is 32.9 Å². The fraction of sp³-hybridized carbons (Fsp3) is 0.455. The van der Waals surface area contributed by atoms with Gasteiger partial charge >= 0.3 is 0 Å². The zero-order valence-corrected chi connectivity index (χ0v) is 7.92. The molecule has 1 fully saturated rings. The van der Waals surface area contributed by atoms with Crippen molar-refractivity contribution in [3.05, 3.63) is 37.0 Å². The van der Waals surface area contributed by atoms with Crippen molar-refractivity contribution >= 4 is 0 Å². The van der Waals surface area contributed by atoms with Crippen molar-refractivity contribution in [3.8, 4) is 0 Å². The van der Waals surface area contributed by atoms with Gasteiger partial charge in [0.25, 0.3) is 0 Å². The Balaban J connectivity index is 0.000000211. The molecule has 1 saturated heterocycles. The SMILES string of the molecule is C1CCNC1.C=C/C=C\C=C/C. The molecule has 0 aliphatic carbocycles. The molecule has 12 heavy (non-hydrogen) atoms. The summed E-state index contributed by atoms with van der Waals surface area (Å²) >= 11 is 0. The second-order valence-corrected chi connectivity index (χ2v) is 2.60. The van der Waals surface area contributed by atoms with Crippen molar-refractivity contribution in [3.63, 3.8) is 0 Å². The molecule has 0 aromatic rings. The number of allylic oxidation sites excluding steroid dienone is 5. The number of hydrogen-bond donors (Lipinski definition) is 1. The highest BCUT2D eigenvalue weighted by Crippen LogP contribution is 1.90. The summed E-state index contributed by atoms with van der Waals surface area (Å²) in [6, 6.07) is 0. The lowest BCUT2D eigenvalue weighted by atomic mass is 10.4. The van der Waals surface area contributed by atoms with Crippen LogP contribution in [-0.2, 0) is 0 Å². The first kappa shape index (κ1) is 11.2. The molecule has 0 aromatic heterocycles. The van der Waals surface area contributed by atoms with Gasteiger partial charge in [0.15, 0.2) is 0 Å². The van der Waals surface area contributed by atoms with Crippen LogP contribution >= 0.6 is 0 Å². The van der Waals surface area contributed by atoms with E-state index in [1.807, 2.05) is 31.2 Å². The second kappa shape index (κ2) is 10.2. The van der Waals surface area contributed by atoms with Crippen molar-refractivity contribution in [2.75, 3.05) is 13.1 Å². The van der Waals surface area contributed by atoms with Gasteiger partial charge in [0.05, 0.1) is 0 Å². The third kappa shape index (κ3) is 9.18. The molecule has 0 spiro atoms. The Morgan fingerprint density at radius 3 is 2.08 bits per heavy atom. The zero-order chi connectivity index (χ0) is 9.07. The van der Waals surface area contributed by atoms with Crippen molar-refractivity contribution in [2.45, 2.75) is 19.8 Å². The maximum Gasteiger partial charge on any atom is -0.00484 e. The van der Waals surface area contributed by atoms with E-state index in [1.54, 1.807) is 6.08 Å². The molecule has 0 aromatic carbocycles. The summed E-state index contributed by atoms with van der Waals surface area (Å²) in [5.74, 6) is 0. The molecule has 0 unspecified atom stereocenters. The minimum absolute atomic E-state index is 1.25. The number of nitrogens with one attached hydrogen (secondary N) is 1. The molecule has 0 amide bonds.